The molecular formula is C29H27N3O4. The second kappa shape index (κ2) is 9.34. The van der Waals surface area contributed by atoms with Crippen molar-refractivity contribution < 1.29 is 19.1 Å². The van der Waals surface area contributed by atoms with E-state index in [1.165, 1.54) is 0 Å². The number of nitrogens with zero attached hydrogens (tertiary/aromatic N) is 2. The lowest BCUT2D eigenvalue weighted by molar-refractivity contribution is -0.119. The third-order valence-corrected chi connectivity index (χ3v) is 6.75. The van der Waals surface area contributed by atoms with Gasteiger partial charge in [-0.3, -0.25) is 9.59 Å². The van der Waals surface area contributed by atoms with E-state index < -0.39 is 17.9 Å². The maximum atomic E-state index is 13.9. The molecule has 0 spiro atoms. The number of carbonyl (C=O) groups excluding carboxylic acids is 3. The average Bonchev–Trinajstić information content (AvgIpc) is 3.22. The second-order valence-electron chi connectivity index (χ2n) is 8.93. The largest absolute Gasteiger partial charge is 0.462 e. The molecule has 0 radical (unpaired) electrons. The summed E-state index contributed by atoms with van der Waals surface area (Å²) >= 11 is 0. The van der Waals surface area contributed by atoms with Crippen LogP contribution in [0.5, 0.6) is 0 Å². The van der Waals surface area contributed by atoms with Gasteiger partial charge in [0.05, 0.1) is 24.1 Å². The average molecular weight is 482 g/mol. The maximum absolute atomic E-state index is 13.9. The first-order chi connectivity index (χ1) is 17.4. The van der Waals surface area contributed by atoms with Gasteiger partial charge in [0.2, 0.25) is 5.91 Å². The van der Waals surface area contributed by atoms with Crippen molar-refractivity contribution in [3.05, 3.63) is 101 Å². The zero-order valence-corrected chi connectivity index (χ0v) is 20.4. The number of hydrogen-bond donors (Lipinski definition) is 1. The third-order valence-electron chi connectivity index (χ3n) is 6.75. The van der Waals surface area contributed by atoms with Gasteiger partial charge in [-0.2, -0.15) is 0 Å². The molecule has 0 bridgehead atoms. The lowest BCUT2D eigenvalue weighted by Crippen LogP contribution is -2.44. The molecular weight excluding hydrogens is 454 g/mol. The van der Waals surface area contributed by atoms with E-state index in [-0.39, 0.29) is 18.4 Å². The van der Waals surface area contributed by atoms with Crippen LogP contribution in [0.2, 0.25) is 0 Å². The van der Waals surface area contributed by atoms with E-state index in [9.17, 15) is 14.4 Å². The molecule has 1 N–H and O–H groups in total. The van der Waals surface area contributed by atoms with E-state index in [2.05, 4.69) is 5.32 Å². The molecule has 0 fully saturated rings. The number of ether oxygens (including phenoxy) is 1. The highest BCUT2D eigenvalue weighted by atomic mass is 16.5. The van der Waals surface area contributed by atoms with Crippen molar-refractivity contribution in [2.24, 2.45) is 7.05 Å². The van der Waals surface area contributed by atoms with Crippen LogP contribution in [0, 0.1) is 0 Å². The number of anilines is 1. The fraction of sp³-hybridized carbons (Fsp3) is 0.207. The van der Waals surface area contributed by atoms with Crippen molar-refractivity contribution >= 4 is 34.4 Å². The summed E-state index contributed by atoms with van der Waals surface area (Å²) < 4.78 is 7.11. The first-order valence-corrected chi connectivity index (χ1v) is 11.9. The Morgan fingerprint density at radius 1 is 0.944 bits per heavy atom. The van der Waals surface area contributed by atoms with Gasteiger partial charge in [0.1, 0.15) is 0 Å². The molecule has 2 atom stereocenters. The SMILES string of the molecule is CCOC(=O)c1cccc(NC(=O)[C@@H]2c3ccccc3C(=O)N(C)[C@@H]2c2cn(C)c3ccccc23)c1. The molecule has 2 amide bonds. The molecule has 0 unspecified atom stereocenters. The Bertz CT molecular complexity index is 1490. The molecule has 0 saturated heterocycles. The molecule has 1 aromatic heterocycles. The Balaban J connectivity index is 1.60. The van der Waals surface area contributed by atoms with E-state index in [0.29, 0.717) is 22.4 Å². The fourth-order valence-electron chi connectivity index (χ4n) is 5.11. The highest BCUT2D eigenvalue weighted by molar-refractivity contribution is 6.05. The van der Waals surface area contributed by atoms with Gasteiger partial charge in [0, 0.05) is 48.0 Å². The van der Waals surface area contributed by atoms with Crippen LogP contribution >= 0.6 is 0 Å². The molecule has 36 heavy (non-hydrogen) atoms. The molecule has 7 heteroatoms. The summed E-state index contributed by atoms with van der Waals surface area (Å²) in [7, 11) is 3.70. The second-order valence-corrected chi connectivity index (χ2v) is 8.93. The number of rotatable bonds is 5. The minimum absolute atomic E-state index is 0.128. The van der Waals surface area contributed by atoms with E-state index in [1.54, 1.807) is 55.3 Å². The molecule has 5 rings (SSSR count). The summed E-state index contributed by atoms with van der Waals surface area (Å²) in [5.41, 5.74) is 3.96. The topological polar surface area (TPSA) is 80.6 Å². The van der Waals surface area contributed by atoms with Crippen molar-refractivity contribution in [3.63, 3.8) is 0 Å². The molecule has 4 aromatic rings. The van der Waals surface area contributed by atoms with E-state index in [1.807, 2.05) is 54.2 Å². The zero-order chi connectivity index (χ0) is 25.4. The normalized spacial score (nSPS) is 17.1. The fourth-order valence-corrected chi connectivity index (χ4v) is 5.11. The first kappa shape index (κ1) is 23.4. The smallest absolute Gasteiger partial charge is 0.338 e. The molecule has 182 valence electrons. The van der Waals surface area contributed by atoms with Crippen LogP contribution in [-0.4, -0.2) is 40.9 Å². The number of aromatic nitrogens is 1. The zero-order valence-electron chi connectivity index (χ0n) is 20.4. The molecule has 7 nitrogen and oxygen atoms in total. The first-order valence-electron chi connectivity index (χ1n) is 11.9. The Morgan fingerprint density at radius 3 is 2.50 bits per heavy atom. The molecule has 3 aromatic carbocycles. The lowest BCUT2D eigenvalue weighted by atomic mass is 9.79. The number of amides is 2. The highest BCUT2D eigenvalue weighted by Gasteiger charge is 2.43. The van der Waals surface area contributed by atoms with Gasteiger partial charge in [0.15, 0.2) is 0 Å². The minimum Gasteiger partial charge on any atom is -0.462 e. The quantitative estimate of drug-likeness (QED) is 0.411. The van der Waals surface area contributed by atoms with Crippen LogP contribution in [0.3, 0.4) is 0 Å². The molecule has 1 aliphatic rings. The molecule has 0 aliphatic carbocycles. The van der Waals surface area contributed by atoms with E-state index in [4.69, 9.17) is 4.74 Å². The van der Waals surface area contributed by atoms with Gasteiger partial charge in [-0.25, -0.2) is 4.79 Å². The van der Waals surface area contributed by atoms with E-state index >= 15 is 0 Å². The van der Waals surface area contributed by atoms with Crippen LogP contribution in [0.1, 0.15) is 50.7 Å². The summed E-state index contributed by atoms with van der Waals surface area (Å²) in [5.74, 6) is -1.51. The summed E-state index contributed by atoms with van der Waals surface area (Å²) in [6.45, 7) is 2.01. The van der Waals surface area contributed by atoms with Crippen molar-refractivity contribution in [1.29, 1.82) is 0 Å². The number of likely N-dealkylation sites (N-methyl/N-ethyl adjacent to an activating group) is 1. The van der Waals surface area contributed by atoms with Crippen LogP contribution < -0.4 is 5.32 Å². The molecule has 1 aliphatic heterocycles. The monoisotopic (exact) mass is 481 g/mol. The lowest BCUT2D eigenvalue weighted by Gasteiger charge is -2.39. The van der Waals surface area contributed by atoms with Crippen LogP contribution in [-0.2, 0) is 16.6 Å². The number of para-hydroxylation sites is 1. The summed E-state index contributed by atoms with van der Waals surface area (Å²) in [4.78, 5) is 41.2. The van der Waals surface area contributed by atoms with E-state index in [0.717, 1.165) is 16.5 Å². The third kappa shape index (κ3) is 3.92. The maximum Gasteiger partial charge on any atom is 0.338 e. The molecule has 2 heterocycles. The van der Waals surface area contributed by atoms with Gasteiger partial charge in [-0.15, -0.1) is 0 Å². The number of fused-ring (bicyclic) bond motifs is 2. The van der Waals surface area contributed by atoms with Gasteiger partial charge in [-0.05, 0) is 42.8 Å². The van der Waals surface area contributed by atoms with Crippen LogP contribution in [0.4, 0.5) is 5.69 Å². The van der Waals surface area contributed by atoms with Crippen LogP contribution in [0.25, 0.3) is 10.9 Å². The van der Waals surface area contributed by atoms with Gasteiger partial charge < -0.3 is 19.5 Å². The number of aryl methyl sites for hydroxylation is 1. The Hall–Kier alpha value is -4.39. The van der Waals surface area contributed by atoms with Gasteiger partial charge >= 0.3 is 5.97 Å². The van der Waals surface area contributed by atoms with Crippen molar-refractivity contribution in [2.45, 2.75) is 18.9 Å². The number of esters is 1. The summed E-state index contributed by atoms with van der Waals surface area (Å²) in [5, 5.41) is 3.98. The predicted molar refractivity (Wildman–Crippen MR) is 138 cm³/mol. The number of hydrogen-bond acceptors (Lipinski definition) is 4. The predicted octanol–water partition coefficient (Wildman–Crippen LogP) is 4.90. The highest BCUT2D eigenvalue weighted by Crippen LogP contribution is 2.44. The van der Waals surface area contributed by atoms with Gasteiger partial charge in [-0.1, -0.05) is 42.5 Å². The Kier molecular flexibility index (Phi) is 6.06. The molecule has 0 saturated carbocycles. The Morgan fingerprint density at radius 2 is 1.69 bits per heavy atom. The number of benzene rings is 3. The summed E-state index contributed by atoms with van der Waals surface area (Å²) in [6, 6.07) is 21.4. The van der Waals surface area contributed by atoms with Gasteiger partial charge in [0.25, 0.3) is 5.91 Å². The van der Waals surface area contributed by atoms with Crippen molar-refractivity contribution in [1.82, 2.24) is 9.47 Å². The standard InChI is InChI=1S/C29H27N3O4/c1-4-36-29(35)18-10-9-11-19(16-18)30-27(33)25-21-13-5-6-14-22(21)28(34)32(3)26(25)23-17-31(2)24-15-8-7-12-20(23)24/h5-17,25-26H,4H2,1-3H3,(H,30,33)/t25-,26-/m1/s1. The minimum atomic E-state index is -0.666. The van der Waals surface area contributed by atoms with Crippen molar-refractivity contribution in [2.75, 3.05) is 19.0 Å². The van der Waals surface area contributed by atoms with Crippen molar-refractivity contribution in [3.8, 4) is 0 Å². The number of nitrogens with one attached hydrogen (secondary N) is 1. The van der Waals surface area contributed by atoms with Crippen LogP contribution in [0.15, 0.2) is 79.0 Å². The number of carbonyl (C=O) groups is 3. The summed E-state index contributed by atoms with van der Waals surface area (Å²) in [6.07, 6.45) is 1.99. The Labute approximate surface area is 209 Å².